The van der Waals surface area contributed by atoms with Gasteiger partial charge in [0.1, 0.15) is 5.60 Å². The molecule has 0 bridgehead atoms. The third kappa shape index (κ3) is 2.85. The molecule has 1 aromatic heterocycles. The van der Waals surface area contributed by atoms with E-state index in [9.17, 15) is 9.90 Å². The highest BCUT2D eigenvalue weighted by Crippen LogP contribution is 2.28. The predicted molar refractivity (Wildman–Crippen MR) is 84.3 cm³/mol. The van der Waals surface area contributed by atoms with Crippen molar-refractivity contribution >= 4 is 23.1 Å². The van der Waals surface area contributed by atoms with Crippen molar-refractivity contribution in [2.75, 3.05) is 0 Å². The van der Waals surface area contributed by atoms with Crippen molar-refractivity contribution in [2.24, 2.45) is 0 Å². The smallest absolute Gasteiger partial charge is 0.418 e. The average molecular weight is 287 g/mol. The Hall–Kier alpha value is -2.07. The molecular weight excluding hydrogens is 266 g/mol. The highest BCUT2D eigenvalue weighted by Gasteiger charge is 2.21. The van der Waals surface area contributed by atoms with E-state index in [4.69, 9.17) is 4.74 Å². The zero-order valence-corrected chi connectivity index (χ0v) is 12.9. The molecule has 112 valence electrons. The second-order valence-corrected chi connectivity index (χ2v) is 6.05. The molecule has 0 fully saturated rings. The lowest BCUT2D eigenvalue weighted by atomic mass is 10.00. The zero-order chi connectivity index (χ0) is 15.8. The molecule has 0 amide bonds. The molecule has 0 aliphatic rings. The van der Waals surface area contributed by atoms with Crippen LogP contribution in [0.1, 0.15) is 37.5 Å². The van der Waals surface area contributed by atoms with Gasteiger partial charge < -0.3 is 9.84 Å². The summed E-state index contributed by atoms with van der Waals surface area (Å²) in [6, 6.07) is 3.74. The van der Waals surface area contributed by atoms with Gasteiger partial charge in [0.15, 0.2) is 0 Å². The second-order valence-electron chi connectivity index (χ2n) is 6.05. The summed E-state index contributed by atoms with van der Waals surface area (Å²) in [6.45, 7) is 11.1. The van der Waals surface area contributed by atoms with Crippen molar-refractivity contribution in [3.8, 4) is 0 Å². The van der Waals surface area contributed by atoms with E-state index in [1.165, 1.54) is 4.57 Å². The van der Waals surface area contributed by atoms with Crippen LogP contribution in [0.4, 0.5) is 4.79 Å². The Bertz CT molecular complexity index is 705. The summed E-state index contributed by atoms with van der Waals surface area (Å²) in [6.07, 6.45) is 2.97. The predicted octanol–water partition coefficient (Wildman–Crippen LogP) is 3.87. The van der Waals surface area contributed by atoms with Crippen LogP contribution in [0.2, 0.25) is 0 Å². The molecule has 2 rings (SSSR count). The standard InChI is InChI=1S/C17H21NO3/c1-6-12-9-11(2)15-13(14(12)10-19)7-8-18(15)16(20)21-17(3,4)5/h6-9,19H,1,10H2,2-5H3. The number of nitrogens with zero attached hydrogens (tertiary/aromatic N) is 1. The van der Waals surface area contributed by atoms with Crippen molar-refractivity contribution in [3.05, 3.63) is 41.6 Å². The van der Waals surface area contributed by atoms with Gasteiger partial charge in [-0.3, -0.25) is 4.57 Å². The Morgan fingerprint density at radius 1 is 1.48 bits per heavy atom. The van der Waals surface area contributed by atoms with Gasteiger partial charge >= 0.3 is 6.09 Å². The molecule has 0 atom stereocenters. The molecule has 1 heterocycles. The molecule has 2 aromatic rings. The average Bonchev–Trinajstić information content (AvgIpc) is 2.81. The molecule has 0 aliphatic carbocycles. The first-order valence-corrected chi connectivity index (χ1v) is 6.88. The Labute approximate surface area is 124 Å². The number of fused-ring (bicyclic) bond motifs is 1. The molecule has 4 heteroatoms. The van der Waals surface area contributed by atoms with Gasteiger partial charge in [-0.15, -0.1) is 0 Å². The Kier molecular flexibility index (Phi) is 3.92. The number of benzene rings is 1. The maximum absolute atomic E-state index is 12.3. The van der Waals surface area contributed by atoms with Crippen LogP contribution in [-0.4, -0.2) is 21.4 Å². The molecule has 1 N–H and O–H groups in total. The Balaban J connectivity index is 2.64. The molecule has 0 saturated carbocycles. The van der Waals surface area contributed by atoms with E-state index in [-0.39, 0.29) is 6.61 Å². The van der Waals surface area contributed by atoms with Crippen LogP contribution in [0.15, 0.2) is 24.9 Å². The van der Waals surface area contributed by atoms with E-state index in [0.717, 1.165) is 27.6 Å². The van der Waals surface area contributed by atoms with Gasteiger partial charge in [0.2, 0.25) is 0 Å². The number of aliphatic hydroxyl groups is 1. The first kappa shape index (κ1) is 15.3. The molecule has 4 nitrogen and oxygen atoms in total. The number of aromatic nitrogens is 1. The van der Waals surface area contributed by atoms with Crippen molar-refractivity contribution in [1.29, 1.82) is 0 Å². The largest absolute Gasteiger partial charge is 0.443 e. The lowest BCUT2D eigenvalue weighted by molar-refractivity contribution is 0.0544. The molecule has 0 spiro atoms. The van der Waals surface area contributed by atoms with E-state index in [0.29, 0.717) is 0 Å². The summed E-state index contributed by atoms with van der Waals surface area (Å²) in [5.74, 6) is 0. The van der Waals surface area contributed by atoms with E-state index >= 15 is 0 Å². The van der Waals surface area contributed by atoms with E-state index in [1.807, 2.05) is 39.8 Å². The number of carbonyl (C=O) groups excluding carboxylic acids is 1. The van der Waals surface area contributed by atoms with Gasteiger partial charge in [0.05, 0.1) is 12.1 Å². The third-order valence-corrected chi connectivity index (χ3v) is 3.27. The molecular formula is C17H21NO3. The van der Waals surface area contributed by atoms with Gasteiger partial charge in [-0.2, -0.15) is 0 Å². The number of carbonyl (C=O) groups is 1. The summed E-state index contributed by atoms with van der Waals surface area (Å²) in [4.78, 5) is 12.3. The van der Waals surface area contributed by atoms with Crippen LogP contribution in [0.25, 0.3) is 17.0 Å². The minimum Gasteiger partial charge on any atom is -0.443 e. The van der Waals surface area contributed by atoms with E-state index < -0.39 is 11.7 Å². The van der Waals surface area contributed by atoms with Gasteiger partial charge in [0, 0.05) is 11.6 Å². The van der Waals surface area contributed by atoms with Crippen molar-refractivity contribution in [3.63, 3.8) is 0 Å². The van der Waals surface area contributed by atoms with Crippen LogP contribution >= 0.6 is 0 Å². The van der Waals surface area contributed by atoms with Crippen LogP contribution in [0.5, 0.6) is 0 Å². The summed E-state index contributed by atoms with van der Waals surface area (Å²) >= 11 is 0. The van der Waals surface area contributed by atoms with E-state index in [1.54, 1.807) is 12.3 Å². The van der Waals surface area contributed by atoms with Crippen LogP contribution in [-0.2, 0) is 11.3 Å². The summed E-state index contributed by atoms with van der Waals surface area (Å²) in [5.41, 5.74) is 2.80. The first-order valence-electron chi connectivity index (χ1n) is 6.88. The maximum Gasteiger partial charge on any atom is 0.418 e. The van der Waals surface area contributed by atoms with Gasteiger partial charge in [-0.05, 0) is 56.5 Å². The topological polar surface area (TPSA) is 51.5 Å². The van der Waals surface area contributed by atoms with Crippen LogP contribution in [0.3, 0.4) is 0 Å². The van der Waals surface area contributed by atoms with Crippen LogP contribution in [0, 0.1) is 6.92 Å². The summed E-state index contributed by atoms with van der Waals surface area (Å²) in [7, 11) is 0. The maximum atomic E-state index is 12.3. The number of hydrogen-bond donors (Lipinski definition) is 1. The number of aryl methyl sites for hydroxylation is 1. The zero-order valence-electron chi connectivity index (χ0n) is 12.9. The monoisotopic (exact) mass is 287 g/mol. The van der Waals surface area contributed by atoms with Gasteiger partial charge in [0.25, 0.3) is 0 Å². The van der Waals surface area contributed by atoms with Gasteiger partial charge in [-0.1, -0.05) is 12.7 Å². The minimum absolute atomic E-state index is 0.101. The highest BCUT2D eigenvalue weighted by atomic mass is 16.6. The Morgan fingerprint density at radius 3 is 2.67 bits per heavy atom. The molecule has 21 heavy (non-hydrogen) atoms. The molecule has 0 radical (unpaired) electrons. The number of hydrogen-bond acceptors (Lipinski definition) is 3. The van der Waals surface area contributed by atoms with E-state index in [2.05, 4.69) is 6.58 Å². The Morgan fingerprint density at radius 2 is 2.14 bits per heavy atom. The second kappa shape index (κ2) is 5.37. The fraction of sp³-hybridized carbons (Fsp3) is 0.353. The lowest BCUT2D eigenvalue weighted by Crippen LogP contribution is -2.26. The van der Waals surface area contributed by atoms with Crippen molar-refractivity contribution < 1.29 is 14.6 Å². The first-order chi connectivity index (χ1) is 9.78. The third-order valence-electron chi connectivity index (χ3n) is 3.27. The lowest BCUT2D eigenvalue weighted by Gasteiger charge is -2.20. The summed E-state index contributed by atoms with van der Waals surface area (Å²) < 4.78 is 6.90. The molecule has 1 aromatic carbocycles. The quantitative estimate of drug-likeness (QED) is 0.912. The normalized spacial score (nSPS) is 11.7. The highest BCUT2D eigenvalue weighted by molar-refractivity contribution is 5.95. The number of ether oxygens (including phenoxy) is 1. The SMILES string of the molecule is C=Cc1cc(C)c2c(ccn2C(=O)OC(C)(C)C)c1CO. The molecule has 0 saturated heterocycles. The minimum atomic E-state index is -0.553. The van der Waals surface area contributed by atoms with Gasteiger partial charge in [-0.25, -0.2) is 4.79 Å². The fourth-order valence-corrected chi connectivity index (χ4v) is 2.44. The molecule has 0 unspecified atom stereocenters. The fourth-order valence-electron chi connectivity index (χ4n) is 2.44. The number of aliphatic hydroxyl groups excluding tert-OH is 1. The van der Waals surface area contributed by atoms with Crippen molar-refractivity contribution in [1.82, 2.24) is 4.57 Å². The van der Waals surface area contributed by atoms with Crippen LogP contribution < -0.4 is 0 Å². The summed E-state index contributed by atoms with van der Waals surface area (Å²) in [5, 5.41) is 10.4. The molecule has 0 aliphatic heterocycles. The number of rotatable bonds is 2. The van der Waals surface area contributed by atoms with Crippen molar-refractivity contribution in [2.45, 2.75) is 39.9 Å².